The molecular formula is C20H30N2O3. The molecule has 0 unspecified atom stereocenters. The first-order valence-corrected chi connectivity index (χ1v) is 9.02. The maximum absolute atomic E-state index is 12.2. The van der Waals surface area contributed by atoms with Gasteiger partial charge in [0.25, 0.3) is 0 Å². The largest absolute Gasteiger partial charge is 0.489 e. The minimum absolute atomic E-state index is 0.0915. The number of nitrogens with zero attached hydrogens (tertiary/aromatic N) is 1. The lowest BCUT2D eigenvalue weighted by Gasteiger charge is -2.21. The van der Waals surface area contributed by atoms with Gasteiger partial charge in [-0.2, -0.15) is 0 Å². The summed E-state index contributed by atoms with van der Waals surface area (Å²) in [6, 6.07) is 7.24. The van der Waals surface area contributed by atoms with E-state index in [2.05, 4.69) is 25.7 Å². The average molecular weight is 346 g/mol. The van der Waals surface area contributed by atoms with Crippen molar-refractivity contribution in [1.82, 2.24) is 4.90 Å². The molecule has 0 heterocycles. The van der Waals surface area contributed by atoms with Crippen LogP contribution in [0.1, 0.15) is 46.0 Å². The monoisotopic (exact) mass is 346 g/mol. The van der Waals surface area contributed by atoms with Gasteiger partial charge in [-0.05, 0) is 31.4 Å². The summed E-state index contributed by atoms with van der Waals surface area (Å²) < 4.78 is 5.44. The lowest BCUT2D eigenvalue weighted by atomic mass is 10.2. The van der Waals surface area contributed by atoms with Gasteiger partial charge in [-0.15, -0.1) is 0 Å². The van der Waals surface area contributed by atoms with E-state index in [1.165, 1.54) is 0 Å². The van der Waals surface area contributed by atoms with Gasteiger partial charge in [-0.25, -0.2) is 0 Å². The fraction of sp³-hybridized carbons (Fsp3) is 0.500. The third-order valence-electron chi connectivity index (χ3n) is 3.62. The number of carbonyl (C=O) groups excluding carboxylic acids is 2. The van der Waals surface area contributed by atoms with Crippen LogP contribution in [-0.4, -0.2) is 36.4 Å². The maximum atomic E-state index is 12.2. The highest BCUT2D eigenvalue weighted by Gasteiger charge is 2.12. The zero-order valence-corrected chi connectivity index (χ0v) is 15.4. The van der Waals surface area contributed by atoms with Crippen molar-refractivity contribution in [3.05, 3.63) is 36.9 Å². The first-order valence-electron chi connectivity index (χ1n) is 9.02. The van der Waals surface area contributed by atoms with E-state index in [1.807, 2.05) is 23.1 Å². The molecule has 0 aromatic heterocycles. The van der Waals surface area contributed by atoms with Crippen molar-refractivity contribution in [2.45, 2.75) is 46.0 Å². The molecule has 5 nitrogen and oxygen atoms in total. The van der Waals surface area contributed by atoms with Crippen LogP contribution in [0.3, 0.4) is 0 Å². The normalized spacial score (nSPS) is 10.2. The Bertz CT molecular complexity index is 552. The van der Waals surface area contributed by atoms with Gasteiger partial charge in [0.1, 0.15) is 12.4 Å². The smallest absolute Gasteiger partial charge is 0.224 e. The van der Waals surface area contributed by atoms with Crippen LogP contribution in [0, 0.1) is 0 Å². The van der Waals surface area contributed by atoms with Crippen molar-refractivity contribution in [1.29, 1.82) is 0 Å². The topological polar surface area (TPSA) is 58.6 Å². The standard InChI is InChI=1S/C20H30N2O3/c1-4-13-22(14-5-2)20(24)12-8-11-19(23)21-17-9-7-10-18(16-17)25-15-6-3/h6-7,9-10,16H,3-5,8,11-15H2,1-2H3,(H,21,23). The summed E-state index contributed by atoms with van der Waals surface area (Å²) in [6.45, 7) is 9.73. The lowest BCUT2D eigenvalue weighted by molar-refractivity contribution is -0.131. The number of ether oxygens (including phenoxy) is 1. The van der Waals surface area contributed by atoms with Gasteiger partial charge < -0.3 is 15.0 Å². The van der Waals surface area contributed by atoms with Crippen LogP contribution in [0.25, 0.3) is 0 Å². The molecule has 25 heavy (non-hydrogen) atoms. The number of hydrogen-bond acceptors (Lipinski definition) is 3. The number of hydrogen-bond donors (Lipinski definition) is 1. The third kappa shape index (κ3) is 8.38. The summed E-state index contributed by atoms with van der Waals surface area (Å²) in [7, 11) is 0. The van der Waals surface area contributed by atoms with Gasteiger partial charge in [-0.1, -0.05) is 32.6 Å². The minimum Gasteiger partial charge on any atom is -0.489 e. The number of nitrogens with one attached hydrogen (secondary N) is 1. The quantitative estimate of drug-likeness (QED) is 0.582. The Morgan fingerprint density at radius 1 is 1.20 bits per heavy atom. The lowest BCUT2D eigenvalue weighted by Crippen LogP contribution is -2.32. The fourth-order valence-electron chi connectivity index (χ4n) is 2.50. The van der Waals surface area contributed by atoms with Crippen LogP contribution in [-0.2, 0) is 9.59 Å². The van der Waals surface area contributed by atoms with Crippen molar-refractivity contribution in [3.8, 4) is 5.75 Å². The van der Waals surface area contributed by atoms with E-state index < -0.39 is 0 Å². The van der Waals surface area contributed by atoms with Gasteiger partial charge in [0.15, 0.2) is 0 Å². The Morgan fingerprint density at radius 2 is 1.92 bits per heavy atom. The van der Waals surface area contributed by atoms with Crippen LogP contribution >= 0.6 is 0 Å². The molecule has 1 N–H and O–H groups in total. The molecule has 0 fully saturated rings. The SMILES string of the molecule is C=CCOc1cccc(NC(=O)CCCC(=O)N(CCC)CCC)c1. The molecular weight excluding hydrogens is 316 g/mol. The zero-order chi connectivity index (χ0) is 18.5. The fourth-order valence-corrected chi connectivity index (χ4v) is 2.50. The van der Waals surface area contributed by atoms with Crippen molar-refractivity contribution in [2.24, 2.45) is 0 Å². The van der Waals surface area contributed by atoms with E-state index in [1.54, 1.807) is 12.1 Å². The summed E-state index contributed by atoms with van der Waals surface area (Å²) >= 11 is 0. The van der Waals surface area contributed by atoms with E-state index in [4.69, 9.17) is 4.74 Å². The van der Waals surface area contributed by atoms with E-state index in [-0.39, 0.29) is 11.8 Å². The molecule has 2 amide bonds. The van der Waals surface area contributed by atoms with Crippen LogP contribution in [0.5, 0.6) is 5.75 Å². The maximum Gasteiger partial charge on any atom is 0.224 e. The van der Waals surface area contributed by atoms with Crippen molar-refractivity contribution in [3.63, 3.8) is 0 Å². The first kappa shape index (κ1) is 20.7. The number of carbonyl (C=O) groups is 2. The molecule has 0 aliphatic rings. The van der Waals surface area contributed by atoms with Gasteiger partial charge in [0, 0.05) is 37.7 Å². The second kappa shape index (κ2) is 12.1. The highest BCUT2D eigenvalue weighted by atomic mass is 16.5. The second-order valence-electron chi connectivity index (χ2n) is 5.91. The molecule has 1 aromatic rings. The van der Waals surface area contributed by atoms with Crippen molar-refractivity contribution >= 4 is 17.5 Å². The third-order valence-corrected chi connectivity index (χ3v) is 3.62. The summed E-state index contributed by atoms with van der Waals surface area (Å²) in [5, 5.41) is 2.84. The Hall–Kier alpha value is -2.30. The number of rotatable bonds is 12. The highest BCUT2D eigenvalue weighted by Crippen LogP contribution is 2.17. The predicted octanol–water partition coefficient (Wildman–Crippen LogP) is 4.01. The minimum atomic E-state index is -0.0915. The molecule has 0 bridgehead atoms. The molecule has 0 spiro atoms. The highest BCUT2D eigenvalue weighted by molar-refractivity contribution is 5.91. The Labute approximate surface area is 151 Å². The van der Waals surface area contributed by atoms with E-state index >= 15 is 0 Å². The summed E-state index contributed by atoms with van der Waals surface area (Å²) in [6.07, 6.45) is 4.88. The molecule has 0 saturated heterocycles. The summed E-state index contributed by atoms with van der Waals surface area (Å²) in [5.41, 5.74) is 0.691. The van der Waals surface area contributed by atoms with Crippen LogP contribution in [0.4, 0.5) is 5.69 Å². The Morgan fingerprint density at radius 3 is 2.56 bits per heavy atom. The number of benzene rings is 1. The molecule has 0 aliphatic heterocycles. The van der Waals surface area contributed by atoms with Crippen LogP contribution in [0.2, 0.25) is 0 Å². The molecule has 0 aliphatic carbocycles. The molecule has 0 atom stereocenters. The van der Waals surface area contributed by atoms with E-state index in [9.17, 15) is 9.59 Å². The van der Waals surface area contributed by atoms with E-state index in [0.717, 1.165) is 25.9 Å². The molecule has 5 heteroatoms. The molecule has 0 saturated carbocycles. The van der Waals surface area contributed by atoms with Crippen LogP contribution < -0.4 is 10.1 Å². The number of anilines is 1. The first-order chi connectivity index (χ1) is 12.1. The average Bonchev–Trinajstić information content (AvgIpc) is 2.60. The van der Waals surface area contributed by atoms with Crippen molar-refractivity contribution in [2.75, 3.05) is 25.0 Å². The van der Waals surface area contributed by atoms with Crippen molar-refractivity contribution < 1.29 is 14.3 Å². The number of amides is 2. The molecule has 1 rings (SSSR count). The Kier molecular flexibility index (Phi) is 10.1. The summed E-state index contributed by atoms with van der Waals surface area (Å²) in [5.74, 6) is 0.727. The second-order valence-corrected chi connectivity index (χ2v) is 5.91. The van der Waals surface area contributed by atoms with Gasteiger partial charge in [0.2, 0.25) is 11.8 Å². The summed E-state index contributed by atoms with van der Waals surface area (Å²) in [4.78, 5) is 26.1. The van der Waals surface area contributed by atoms with E-state index in [0.29, 0.717) is 37.3 Å². The predicted molar refractivity (Wildman–Crippen MR) is 102 cm³/mol. The van der Waals surface area contributed by atoms with Gasteiger partial charge >= 0.3 is 0 Å². The van der Waals surface area contributed by atoms with Crippen LogP contribution in [0.15, 0.2) is 36.9 Å². The zero-order valence-electron chi connectivity index (χ0n) is 15.4. The van der Waals surface area contributed by atoms with Gasteiger partial charge in [-0.3, -0.25) is 9.59 Å². The molecule has 0 radical (unpaired) electrons. The molecule has 138 valence electrons. The Balaban J connectivity index is 2.39. The molecule has 1 aromatic carbocycles. The van der Waals surface area contributed by atoms with Gasteiger partial charge in [0.05, 0.1) is 0 Å².